The summed E-state index contributed by atoms with van der Waals surface area (Å²) in [6.07, 6.45) is 3.91. The van der Waals surface area contributed by atoms with Crippen LogP contribution in [0.25, 0.3) is 5.65 Å². The van der Waals surface area contributed by atoms with E-state index in [9.17, 15) is 0 Å². The molecule has 15 heavy (non-hydrogen) atoms. The van der Waals surface area contributed by atoms with Crippen LogP contribution in [0.3, 0.4) is 0 Å². The first-order chi connectivity index (χ1) is 7.24. The van der Waals surface area contributed by atoms with Crippen molar-refractivity contribution in [3.8, 4) is 0 Å². The van der Waals surface area contributed by atoms with Gasteiger partial charge in [-0.3, -0.25) is 0 Å². The minimum absolute atomic E-state index is 0.694. The third-order valence-electron chi connectivity index (χ3n) is 2.52. The van der Waals surface area contributed by atoms with Gasteiger partial charge in [-0.15, -0.1) is 0 Å². The molecule has 0 amide bonds. The lowest BCUT2D eigenvalue weighted by atomic mass is 10.2. The van der Waals surface area contributed by atoms with Gasteiger partial charge in [-0.2, -0.15) is 0 Å². The first kappa shape index (κ1) is 10.5. The summed E-state index contributed by atoms with van der Waals surface area (Å²) < 4.78 is 2.05. The van der Waals surface area contributed by atoms with Crippen LogP contribution in [0.5, 0.6) is 0 Å². The number of hydrogen-bond donors (Lipinski definition) is 1. The Balaban J connectivity index is 2.53. The summed E-state index contributed by atoms with van der Waals surface area (Å²) in [5.74, 6) is 0. The second-order valence-corrected chi connectivity index (χ2v) is 3.99. The molecule has 2 N–H and O–H groups in total. The number of pyridine rings is 1. The van der Waals surface area contributed by atoms with E-state index in [0.29, 0.717) is 11.6 Å². The van der Waals surface area contributed by atoms with Crippen molar-refractivity contribution in [3.63, 3.8) is 0 Å². The lowest BCUT2D eigenvalue weighted by Crippen LogP contribution is -2.03. The Bertz CT molecular complexity index is 476. The maximum atomic E-state index is 6.07. The molecule has 0 radical (unpaired) electrons. The van der Waals surface area contributed by atoms with E-state index in [2.05, 4.69) is 4.98 Å². The minimum Gasteiger partial charge on any atom is -0.330 e. The normalized spacial score (nSPS) is 11.1. The topological polar surface area (TPSA) is 43.3 Å². The average Bonchev–Trinajstić information content (AvgIpc) is 2.54. The van der Waals surface area contributed by atoms with E-state index in [0.717, 1.165) is 24.2 Å². The fourth-order valence-corrected chi connectivity index (χ4v) is 1.97. The molecule has 2 heterocycles. The van der Waals surface area contributed by atoms with Gasteiger partial charge in [0.1, 0.15) is 0 Å². The highest BCUT2D eigenvalue weighted by atomic mass is 35.5. The molecule has 0 spiro atoms. The van der Waals surface area contributed by atoms with E-state index in [1.165, 1.54) is 5.69 Å². The summed E-state index contributed by atoms with van der Waals surface area (Å²) >= 11 is 6.07. The molecule has 0 fully saturated rings. The van der Waals surface area contributed by atoms with E-state index in [4.69, 9.17) is 17.3 Å². The predicted octanol–water partition coefficient (Wildman–Crippen LogP) is 2.19. The summed E-state index contributed by atoms with van der Waals surface area (Å²) in [5.41, 5.74) is 8.60. The number of hydrogen-bond acceptors (Lipinski definition) is 2. The number of fused-ring (bicyclic) bond motifs is 1. The summed E-state index contributed by atoms with van der Waals surface area (Å²) in [5, 5.41) is 0.694. The molecule has 0 aliphatic heterocycles. The molecule has 0 aromatic carbocycles. The van der Waals surface area contributed by atoms with E-state index in [1.54, 1.807) is 0 Å². The molecule has 0 atom stereocenters. The fraction of sp³-hybridized carbons (Fsp3) is 0.364. The van der Waals surface area contributed by atoms with Crippen molar-refractivity contribution in [3.05, 3.63) is 34.7 Å². The second-order valence-electron chi connectivity index (χ2n) is 3.59. The number of rotatable bonds is 3. The van der Waals surface area contributed by atoms with Crippen molar-refractivity contribution >= 4 is 17.2 Å². The molecule has 0 aliphatic carbocycles. The van der Waals surface area contributed by atoms with Crippen LogP contribution in [0.4, 0.5) is 0 Å². The van der Waals surface area contributed by atoms with Gasteiger partial charge in [-0.25, -0.2) is 4.98 Å². The third kappa shape index (κ3) is 1.85. The van der Waals surface area contributed by atoms with E-state index < -0.39 is 0 Å². The lowest BCUT2D eigenvalue weighted by Gasteiger charge is -2.01. The zero-order valence-electron chi connectivity index (χ0n) is 8.70. The number of nitrogens with zero attached hydrogens (tertiary/aromatic N) is 2. The number of aryl methyl sites for hydroxylation is 2. The van der Waals surface area contributed by atoms with Gasteiger partial charge in [0.15, 0.2) is 5.65 Å². The second kappa shape index (κ2) is 4.21. The SMILES string of the molecule is Cc1nc2c(Cl)cccn2c1CCCN. The highest BCUT2D eigenvalue weighted by Crippen LogP contribution is 2.20. The van der Waals surface area contributed by atoms with Crippen LogP contribution < -0.4 is 5.73 Å². The summed E-state index contributed by atoms with van der Waals surface area (Å²) in [6.45, 7) is 2.71. The Morgan fingerprint density at radius 1 is 1.53 bits per heavy atom. The maximum absolute atomic E-state index is 6.07. The van der Waals surface area contributed by atoms with E-state index >= 15 is 0 Å². The monoisotopic (exact) mass is 223 g/mol. The Morgan fingerprint density at radius 2 is 2.33 bits per heavy atom. The molecule has 4 heteroatoms. The first-order valence-electron chi connectivity index (χ1n) is 5.06. The van der Waals surface area contributed by atoms with Gasteiger partial charge < -0.3 is 10.1 Å². The smallest absolute Gasteiger partial charge is 0.156 e. The molecule has 2 aromatic rings. The van der Waals surface area contributed by atoms with E-state index in [-0.39, 0.29) is 0 Å². The molecule has 80 valence electrons. The molecule has 0 unspecified atom stereocenters. The van der Waals surface area contributed by atoms with Crippen LogP contribution in [0.2, 0.25) is 5.02 Å². The van der Waals surface area contributed by atoms with Crippen molar-refractivity contribution in [2.24, 2.45) is 5.73 Å². The molecule has 0 bridgehead atoms. The number of imidazole rings is 1. The minimum atomic E-state index is 0.694. The van der Waals surface area contributed by atoms with Crippen LogP contribution in [0, 0.1) is 6.92 Å². The standard InChI is InChI=1S/C11H14ClN3/c1-8-10(5-2-6-13)15-7-3-4-9(12)11(15)14-8/h3-4,7H,2,5-6,13H2,1H3. The zero-order chi connectivity index (χ0) is 10.8. The van der Waals surface area contributed by atoms with Gasteiger partial charge in [0.2, 0.25) is 0 Å². The van der Waals surface area contributed by atoms with Gasteiger partial charge in [-0.05, 0) is 38.4 Å². The predicted molar refractivity (Wildman–Crippen MR) is 62.3 cm³/mol. The van der Waals surface area contributed by atoms with Gasteiger partial charge in [0.25, 0.3) is 0 Å². The molecule has 0 saturated carbocycles. The van der Waals surface area contributed by atoms with Gasteiger partial charge in [0, 0.05) is 11.9 Å². The maximum Gasteiger partial charge on any atom is 0.156 e. The Labute approximate surface area is 93.9 Å². The van der Waals surface area contributed by atoms with Gasteiger partial charge in [-0.1, -0.05) is 11.6 Å². The highest BCUT2D eigenvalue weighted by molar-refractivity contribution is 6.33. The van der Waals surface area contributed by atoms with Crippen LogP contribution in [-0.2, 0) is 6.42 Å². The van der Waals surface area contributed by atoms with Gasteiger partial charge in [0.05, 0.1) is 10.7 Å². The van der Waals surface area contributed by atoms with Crippen LogP contribution >= 0.6 is 11.6 Å². The fourth-order valence-electron chi connectivity index (χ4n) is 1.77. The number of halogens is 1. The Morgan fingerprint density at radius 3 is 3.07 bits per heavy atom. The van der Waals surface area contributed by atoms with Crippen molar-refractivity contribution < 1.29 is 0 Å². The van der Waals surface area contributed by atoms with E-state index in [1.807, 2.05) is 29.7 Å². The lowest BCUT2D eigenvalue weighted by molar-refractivity contribution is 0.796. The zero-order valence-corrected chi connectivity index (χ0v) is 9.46. The average molecular weight is 224 g/mol. The van der Waals surface area contributed by atoms with Crippen molar-refractivity contribution in [1.82, 2.24) is 9.38 Å². The molecular formula is C11H14ClN3. The quantitative estimate of drug-likeness (QED) is 0.867. The summed E-state index contributed by atoms with van der Waals surface area (Å²) in [7, 11) is 0. The van der Waals surface area contributed by atoms with Gasteiger partial charge >= 0.3 is 0 Å². The molecular weight excluding hydrogens is 210 g/mol. The molecule has 3 nitrogen and oxygen atoms in total. The van der Waals surface area contributed by atoms with Crippen LogP contribution in [-0.4, -0.2) is 15.9 Å². The summed E-state index contributed by atoms with van der Waals surface area (Å²) in [4.78, 5) is 4.46. The Hall–Kier alpha value is -1.06. The van der Waals surface area contributed by atoms with Crippen LogP contribution in [0.1, 0.15) is 17.8 Å². The van der Waals surface area contributed by atoms with Crippen molar-refractivity contribution in [1.29, 1.82) is 0 Å². The summed E-state index contributed by atoms with van der Waals surface area (Å²) in [6, 6.07) is 3.79. The number of aromatic nitrogens is 2. The molecule has 0 aliphatic rings. The molecule has 2 rings (SSSR count). The van der Waals surface area contributed by atoms with Crippen molar-refractivity contribution in [2.75, 3.05) is 6.54 Å². The largest absolute Gasteiger partial charge is 0.330 e. The molecule has 0 saturated heterocycles. The first-order valence-corrected chi connectivity index (χ1v) is 5.44. The molecule has 2 aromatic heterocycles. The highest BCUT2D eigenvalue weighted by Gasteiger charge is 2.09. The third-order valence-corrected chi connectivity index (χ3v) is 2.81. The van der Waals surface area contributed by atoms with Crippen molar-refractivity contribution in [2.45, 2.75) is 19.8 Å². The Kier molecular flexibility index (Phi) is 2.93. The number of nitrogens with two attached hydrogens (primary N) is 1. The van der Waals surface area contributed by atoms with Crippen LogP contribution in [0.15, 0.2) is 18.3 Å².